The number of rotatable bonds is 3. The molecule has 0 saturated carbocycles. The van der Waals surface area contributed by atoms with E-state index in [0.717, 1.165) is 42.7 Å². The summed E-state index contributed by atoms with van der Waals surface area (Å²) in [6, 6.07) is 7.94. The largest absolute Gasteiger partial charge is 0.396 e. The van der Waals surface area contributed by atoms with Crippen LogP contribution in [0.3, 0.4) is 0 Å². The number of hydrogen-bond acceptors (Lipinski definition) is 4. The van der Waals surface area contributed by atoms with Crippen LogP contribution in [0, 0.1) is 5.92 Å². The Morgan fingerprint density at radius 1 is 1.41 bits per heavy atom. The Bertz CT molecular complexity index is 509. The van der Waals surface area contributed by atoms with Crippen LogP contribution in [0.4, 0.5) is 5.82 Å². The van der Waals surface area contributed by atoms with E-state index in [9.17, 15) is 0 Å². The van der Waals surface area contributed by atoms with Gasteiger partial charge in [-0.25, -0.2) is 0 Å². The molecule has 1 saturated heterocycles. The van der Waals surface area contributed by atoms with E-state index in [4.69, 9.17) is 9.63 Å². The second kappa shape index (κ2) is 4.37. The molecule has 4 heteroatoms. The summed E-state index contributed by atoms with van der Waals surface area (Å²) < 4.78 is 5.32. The normalized spacial score (nSPS) is 20.3. The van der Waals surface area contributed by atoms with Crippen LogP contribution in [-0.4, -0.2) is 30.0 Å². The molecule has 90 valence electrons. The van der Waals surface area contributed by atoms with E-state index in [-0.39, 0.29) is 6.61 Å². The van der Waals surface area contributed by atoms with Gasteiger partial charge in [0, 0.05) is 19.7 Å². The molecule has 3 rings (SSSR count). The minimum absolute atomic E-state index is 0.276. The SMILES string of the molecule is OCCC1CCN(c2noc3ccccc23)C1. The van der Waals surface area contributed by atoms with Crippen molar-refractivity contribution >= 4 is 16.8 Å². The smallest absolute Gasteiger partial charge is 0.179 e. The van der Waals surface area contributed by atoms with Crippen molar-refractivity contribution in [1.29, 1.82) is 0 Å². The predicted molar refractivity (Wildman–Crippen MR) is 66.0 cm³/mol. The zero-order chi connectivity index (χ0) is 11.7. The standard InChI is InChI=1S/C13H16N2O2/c16-8-6-10-5-7-15(9-10)13-11-3-1-2-4-12(11)17-14-13/h1-4,10,16H,5-9H2. The molecule has 2 aromatic rings. The van der Waals surface area contributed by atoms with Gasteiger partial charge in [0.05, 0.1) is 5.39 Å². The molecule has 1 aromatic heterocycles. The van der Waals surface area contributed by atoms with Gasteiger partial charge < -0.3 is 14.5 Å². The highest BCUT2D eigenvalue weighted by atomic mass is 16.5. The molecule has 17 heavy (non-hydrogen) atoms. The minimum atomic E-state index is 0.276. The zero-order valence-corrected chi connectivity index (χ0v) is 9.67. The summed E-state index contributed by atoms with van der Waals surface area (Å²) in [6.07, 6.45) is 2.01. The Morgan fingerprint density at radius 3 is 3.18 bits per heavy atom. The lowest BCUT2D eigenvalue weighted by molar-refractivity contribution is 0.263. The van der Waals surface area contributed by atoms with Crippen LogP contribution in [0.15, 0.2) is 28.8 Å². The third-order valence-electron chi connectivity index (χ3n) is 3.48. The van der Waals surface area contributed by atoms with Crippen LogP contribution in [-0.2, 0) is 0 Å². The van der Waals surface area contributed by atoms with Crippen molar-refractivity contribution < 1.29 is 9.63 Å². The molecule has 0 bridgehead atoms. The number of benzene rings is 1. The molecule has 2 heterocycles. The summed E-state index contributed by atoms with van der Waals surface area (Å²) in [5.74, 6) is 1.52. The topological polar surface area (TPSA) is 49.5 Å². The van der Waals surface area contributed by atoms with Crippen molar-refractivity contribution in [3.8, 4) is 0 Å². The number of aliphatic hydroxyl groups excluding tert-OH is 1. The average Bonchev–Trinajstić information content (AvgIpc) is 2.95. The van der Waals surface area contributed by atoms with Crippen LogP contribution in [0.2, 0.25) is 0 Å². The maximum atomic E-state index is 8.96. The van der Waals surface area contributed by atoms with Crippen LogP contribution >= 0.6 is 0 Å². The molecule has 1 aliphatic rings. The molecule has 1 N–H and O–H groups in total. The maximum Gasteiger partial charge on any atom is 0.179 e. The first-order valence-electron chi connectivity index (χ1n) is 6.08. The highest BCUT2D eigenvalue weighted by Crippen LogP contribution is 2.30. The number of fused-ring (bicyclic) bond motifs is 1. The molecule has 1 unspecified atom stereocenters. The number of hydrogen-bond donors (Lipinski definition) is 1. The van der Waals surface area contributed by atoms with Crippen LogP contribution < -0.4 is 4.90 Å². The van der Waals surface area contributed by atoms with Crippen LogP contribution in [0.5, 0.6) is 0 Å². The second-order valence-corrected chi connectivity index (χ2v) is 4.62. The molecule has 0 spiro atoms. The Hall–Kier alpha value is -1.55. The summed E-state index contributed by atoms with van der Waals surface area (Å²) in [5.41, 5.74) is 0.841. The third kappa shape index (κ3) is 1.89. The van der Waals surface area contributed by atoms with Crippen LogP contribution in [0.1, 0.15) is 12.8 Å². The first-order valence-corrected chi connectivity index (χ1v) is 6.08. The van der Waals surface area contributed by atoms with E-state index in [1.54, 1.807) is 0 Å². The third-order valence-corrected chi connectivity index (χ3v) is 3.48. The van der Waals surface area contributed by atoms with Gasteiger partial charge in [-0.15, -0.1) is 0 Å². The quantitative estimate of drug-likeness (QED) is 0.879. The molecular formula is C13H16N2O2. The number of nitrogens with zero attached hydrogens (tertiary/aromatic N) is 2. The molecule has 1 aliphatic heterocycles. The Morgan fingerprint density at radius 2 is 2.29 bits per heavy atom. The van der Waals surface area contributed by atoms with E-state index in [1.807, 2.05) is 24.3 Å². The van der Waals surface area contributed by atoms with Gasteiger partial charge in [-0.3, -0.25) is 0 Å². The van der Waals surface area contributed by atoms with Gasteiger partial charge in [0.25, 0.3) is 0 Å². The Labute approximate surface area is 99.8 Å². The summed E-state index contributed by atoms with van der Waals surface area (Å²) in [4.78, 5) is 2.26. The fourth-order valence-corrected chi connectivity index (χ4v) is 2.54. The van der Waals surface area contributed by atoms with Crippen molar-refractivity contribution in [3.05, 3.63) is 24.3 Å². The van der Waals surface area contributed by atoms with Crippen molar-refractivity contribution in [2.45, 2.75) is 12.8 Å². The lowest BCUT2D eigenvalue weighted by Crippen LogP contribution is -2.20. The van der Waals surface area contributed by atoms with Gasteiger partial charge in [0.2, 0.25) is 0 Å². The Kier molecular flexibility index (Phi) is 2.73. The molecule has 1 aromatic carbocycles. The highest BCUT2D eigenvalue weighted by Gasteiger charge is 2.25. The van der Waals surface area contributed by atoms with E-state index in [1.165, 1.54) is 0 Å². The van der Waals surface area contributed by atoms with Gasteiger partial charge in [-0.2, -0.15) is 0 Å². The zero-order valence-electron chi connectivity index (χ0n) is 9.67. The molecule has 0 aliphatic carbocycles. The molecule has 1 atom stereocenters. The van der Waals surface area contributed by atoms with Gasteiger partial charge in [0.15, 0.2) is 11.4 Å². The first-order chi connectivity index (χ1) is 8.38. The number of aromatic nitrogens is 1. The number of para-hydroxylation sites is 1. The second-order valence-electron chi connectivity index (χ2n) is 4.62. The lowest BCUT2D eigenvalue weighted by atomic mass is 10.1. The molecule has 1 fully saturated rings. The summed E-state index contributed by atoms with van der Waals surface area (Å²) in [6.45, 7) is 2.25. The van der Waals surface area contributed by atoms with Crippen molar-refractivity contribution in [2.24, 2.45) is 5.92 Å². The summed E-state index contributed by atoms with van der Waals surface area (Å²) in [5, 5.41) is 14.2. The minimum Gasteiger partial charge on any atom is -0.396 e. The maximum absolute atomic E-state index is 8.96. The van der Waals surface area contributed by atoms with Gasteiger partial charge in [-0.1, -0.05) is 17.3 Å². The van der Waals surface area contributed by atoms with Crippen molar-refractivity contribution in [2.75, 3.05) is 24.6 Å². The van der Waals surface area contributed by atoms with Gasteiger partial charge in [-0.05, 0) is 30.9 Å². The van der Waals surface area contributed by atoms with E-state index < -0.39 is 0 Å². The van der Waals surface area contributed by atoms with Crippen molar-refractivity contribution in [3.63, 3.8) is 0 Å². The van der Waals surface area contributed by atoms with E-state index in [0.29, 0.717) is 5.92 Å². The van der Waals surface area contributed by atoms with Gasteiger partial charge >= 0.3 is 0 Å². The molecule has 0 amide bonds. The lowest BCUT2D eigenvalue weighted by Gasteiger charge is -2.14. The van der Waals surface area contributed by atoms with Crippen LogP contribution in [0.25, 0.3) is 11.0 Å². The molecular weight excluding hydrogens is 216 g/mol. The first kappa shape index (κ1) is 10.6. The van der Waals surface area contributed by atoms with E-state index >= 15 is 0 Å². The molecule has 0 radical (unpaired) electrons. The number of aliphatic hydroxyl groups is 1. The van der Waals surface area contributed by atoms with Crippen molar-refractivity contribution in [1.82, 2.24) is 5.16 Å². The monoisotopic (exact) mass is 232 g/mol. The van der Waals surface area contributed by atoms with Gasteiger partial charge in [0.1, 0.15) is 0 Å². The fourth-order valence-electron chi connectivity index (χ4n) is 2.54. The molecule has 4 nitrogen and oxygen atoms in total. The van der Waals surface area contributed by atoms with E-state index in [2.05, 4.69) is 10.1 Å². The summed E-state index contributed by atoms with van der Waals surface area (Å²) >= 11 is 0. The highest BCUT2D eigenvalue weighted by molar-refractivity contribution is 5.88. The number of anilines is 1. The average molecular weight is 232 g/mol. The predicted octanol–water partition coefficient (Wildman–Crippen LogP) is 2.04. The Balaban J connectivity index is 1.85. The summed E-state index contributed by atoms with van der Waals surface area (Å²) in [7, 11) is 0. The fraction of sp³-hybridized carbons (Fsp3) is 0.462.